The molecule has 0 aliphatic rings. The number of hydrogen-bond acceptors (Lipinski definition) is 3. The molecule has 0 saturated heterocycles. The average Bonchev–Trinajstić information content (AvgIpc) is 2.22. The first kappa shape index (κ1) is 12.0. The van der Waals surface area contributed by atoms with Gasteiger partial charge in [0.15, 0.2) is 0 Å². The molecule has 1 atom stereocenters. The third-order valence-corrected chi connectivity index (χ3v) is 2.29. The van der Waals surface area contributed by atoms with Gasteiger partial charge in [0.25, 0.3) is 0 Å². The number of nitrogens with zero attached hydrogens (tertiary/aromatic N) is 1. The molecule has 0 fully saturated rings. The van der Waals surface area contributed by atoms with Crippen LogP contribution in [0.3, 0.4) is 0 Å². The van der Waals surface area contributed by atoms with Gasteiger partial charge in [-0.05, 0) is 20.3 Å². The van der Waals surface area contributed by atoms with Gasteiger partial charge in [-0.2, -0.15) is 0 Å². The van der Waals surface area contributed by atoms with Crippen molar-refractivity contribution in [2.45, 2.75) is 33.3 Å². The molecular formula is C12H19NO2. The van der Waals surface area contributed by atoms with E-state index >= 15 is 0 Å². The van der Waals surface area contributed by atoms with Crippen LogP contribution in [0.25, 0.3) is 0 Å². The van der Waals surface area contributed by atoms with Crippen LogP contribution in [-0.4, -0.2) is 24.8 Å². The van der Waals surface area contributed by atoms with Crippen LogP contribution < -0.4 is 4.74 Å². The monoisotopic (exact) mass is 209 g/mol. The second kappa shape index (κ2) is 5.71. The summed E-state index contributed by atoms with van der Waals surface area (Å²) in [7, 11) is 1.69. The van der Waals surface area contributed by atoms with Crippen LogP contribution in [0.5, 0.6) is 5.75 Å². The first-order valence-electron chi connectivity index (χ1n) is 5.26. The fraction of sp³-hybridized carbons (Fsp3) is 0.583. The number of aryl methyl sites for hydroxylation is 2. The van der Waals surface area contributed by atoms with Crippen molar-refractivity contribution in [1.82, 2.24) is 4.98 Å². The Morgan fingerprint density at radius 2 is 2.13 bits per heavy atom. The van der Waals surface area contributed by atoms with Crippen molar-refractivity contribution >= 4 is 0 Å². The lowest BCUT2D eigenvalue weighted by Gasteiger charge is -2.18. The summed E-state index contributed by atoms with van der Waals surface area (Å²) >= 11 is 0. The van der Waals surface area contributed by atoms with Gasteiger partial charge in [-0.25, -0.2) is 0 Å². The third kappa shape index (κ3) is 3.51. The fourth-order valence-electron chi connectivity index (χ4n) is 1.33. The van der Waals surface area contributed by atoms with E-state index in [2.05, 4.69) is 11.9 Å². The van der Waals surface area contributed by atoms with Gasteiger partial charge in [-0.15, -0.1) is 0 Å². The summed E-state index contributed by atoms with van der Waals surface area (Å²) in [6.07, 6.45) is 2.90. The highest BCUT2D eigenvalue weighted by Gasteiger charge is 2.09. The first-order chi connectivity index (χ1) is 7.17. The van der Waals surface area contributed by atoms with E-state index in [4.69, 9.17) is 9.47 Å². The zero-order chi connectivity index (χ0) is 11.3. The van der Waals surface area contributed by atoms with Crippen molar-refractivity contribution in [3.63, 3.8) is 0 Å². The molecule has 3 heteroatoms. The Morgan fingerprint density at radius 1 is 1.40 bits per heavy atom. The van der Waals surface area contributed by atoms with Crippen LogP contribution >= 0.6 is 0 Å². The normalized spacial score (nSPS) is 12.5. The molecule has 0 aliphatic carbocycles. The molecule has 0 radical (unpaired) electrons. The maximum atomic E-state index is 5.85. The van der Waals surface area contributed by atoms with Gasteiger partial charge in [-0.3, -0.25) is 4.98 Å². The van der Waals surface area contributed by atoms with E-state index in [-0.39, 0.29) is 6.10 Å². The van der Waals surface area contributed by atoms with Crippen LogP contribution in [0.2, 0.25) is 0 Å². The molecule has 1 rings (SSSR count). The molecular weight excluding hydrogens is 190 g/mol. The SMILES string of the molecule is CCC(COC)Oc1cc(C)ncc1C. The van der Waals surface area contributed by atoms with E-state index in [1.54, 1.807) is 7.11 Å². The summed E-state index contributed by atoms with van der Waals surface area (Å²) in [4.78, 5) is 4.21. The minimum atomic E-state index is 0.121. The van der Waals surface area contributed by atoms with Crippen LogP contribution in [0.1, 0.15) is 24.6 Å². The Morgan fingerprint density at radius 3 is 2.73 bits per heavy atom. The van der Waals surface area contributed by atoms with Crippen LogP contribution in [0, 0.1) is 13.8 Å². The number of ether oxygens (including phenoxy) is 2. The summed E-state index contributed by atoms with van der Waals surface area (Å²) < 4.78 is 10.9. The van der Waals surface area contributed by atoms with E-state index in [0.29, 0.717) is 6.61 Å². The van der Waals surface area contributed by atoms with Crippen LogP contribution in [0.15, 0.2) is 12.3 Å². The van der Waals surface area contributed by atoms with Crippen molar-refractivity contribution in [2.24, 2.45) is 0 Å². The summed E-state index contributed by atoms with van der Waals surface area (Å²) in [6, 6.07) is 1.97. The number of pyridine rings is 1. The summed E-state index contributed by atoms with van der Waals surface area (Å²) in [5.41, 5.74) is 2.04. The van der Waals surface area contributed by atoms with Gasteiger partial charge in [0.1, 0.15) is 11.9 Å². The van der Waals surface area contributed by atoms with Gasteiger partial charge in [-0.1, -0.05) is 6.92 Å². The molecule has 1 unspecified atom stereocenters. The average molecular weight is 209 g/mol. The lowest BCUT2D eigenvalue weighted by Crippen LogP contribution is -2.21. The molecule has 1 aromatic heterocycles. The summed E-state index contributed by atoms with van der Waals surface area (Å²) in [5, 5.41) is 0. The molecule has 0 amide bonds. The molecule has 84 valence electrons. The zero-order valence-electron chi connectivity index (χ0n) is 9.91. The second-order valence-electron chi connectivity index (χ2n) is 3.69. The van der Waals surface area contributed by atoms with E-state index in [1.165, 1.54) is 0 Å². The van der Waals surface area contributed by atoms with Crippen molar-refractivity contribution < 1.29 is 9.47 Å². The smallest absolute Gasteiger partial charge is 0.126 e. The molecule has 0 spiro atoms. The van der Waals surface area contributed by atoms with Gasteiger partial charge in [0.2, 0.25) is 0 Å². The Kier molecular flexibility index (Phi) is 4.56. The molecule has 3 nitrogen and oxygen atoms in total. The van der Waals surface area contributed by atoms with Crippen molar-refractivity contribution in [1.29, 1.82) is 0 Å². The fourth-order valence-corrected chi connectivity index (χ4v) is 1.33. The Labute approximate surface area is 91.4 Å². The quantitative estimate of drug-likeness (QED) is 0.746. The highest BCUT2D eigenvalue weighted by Crippen LogP contribution is 2.19. The lowest BCUT2D eigenvalue weighted by molar-refractivity contribution is 0.0782. The topological polar surface area (TPSA) is 31.4 Å². The minimum absolute atomic E-state index is 0.121. The van der Waals surface area contributed by atoms with E-state index in [9.17, 15) is 0 Å². The van der Waals surface area contributed by atoms with Gasteiger partial charge in [0.05, 0.1) is 6.61 Å². The molecule has 0 saturated carbocycles. The maximum Gasteiger partial charge on any atom is 0.126 e. The van der Waals surface area contributed by atoms with E-state index < -0.39 is 0 Å². The minimum Gasteiger partial charge on any atom is -0.488 e. The Bertz CT molecular complexity index is 312. The number of methoxy groups -OCH3 is 1. The van der Waals surface area contributed by atoms with Gasteiger partial charge < -0.3 is 9.47 Å². The van der Waals surface area contributed by atoms with Crippen molar-refractivity contribution in [3.05, 3.63) is 23.5 Å². The molecule has 1 heterocycles. The predicted molar refractivity (Wildman–Crippen MR) is 60.3 cm³/mol. The molecule has 0 N–H and O–H groups in total. The number of hydrogen-bond donors (Lipinski definition) is 0. The van der Waals surface area contributed by atoms with Crippen LogP contribution in [0.4, 0.5) is 0 Å². The molecule has 15 heavy (non-hydrogen) atoms. The molecule has 0 aliphatic heterocycles. The predicted octanol–water partition coefficient (Wildman–Crippen LogP) is 2.50. The zero-order valence-corrected chi connectivity index (χ0v) is 9.91. The highest BCUT2D eigenvalue weighted by atomic mass is 16.5. The summed E-state index contributed by atoms with van der Waals surface area (Å²) in [5.74, 6) is 0.909. The Balaban J connectivity index is 2.73. The maximum absolute atomic E-state index is 5.85. The van der Waals surface area contributed by atoms with E-state index in [0.717, 1.165) is 23.4 Å². The van der Waals surface area contributed by atoms with Crippen LogP contribution in [-0.2, 0) is 4.74 Å². The number of rotatable bonds is 5. The highest BCUT2D eigenvalue weighted by molar-refractivity contribution is 5.31. The second-order valence-corrected chi connectivity index (χ2v) is 3.69. The first-order valence-corrected chi connectivity index (χ1v) is 5.26. The Hall–Kier alpha value is -1.09. The molecule has 0 aromatic carbocycles. The van der Waals surface area contributed by atoms with E-state index in [1.807, 2.05) is 26.1 Å². The van der Waals surface area contributed by atoms with Gasteiger partial charge >= 0.3 is 0 Å². The third-order valence-electron chi connectivity index (χ3n) is 2.29. The van der Waals surface area contributed by atoms with Crippen molar-refractivity contribution in [2.75, 3.05) is 13.7 Å². The van der Waals surface area contributed by atoms with Crippen molar-refractivity contribution in [3.8, 4) is 5.75 Å². The molecule has 1 aromatic rings. The standard InChI is InChI=1S/C12H19NO2/c1-5-11(8-14-4)15-12-6-10(3)13-7-9(12)2/h6-7,11H,5,8H2,1-4H3. The molecule has 0 bridgehead atoms. The van der Waals surface area contributed by atoms with Gasteiger partial charge in [0, 0.05) is 30.6 Å². The summed E-state index contributed by atoms with van der Waals surface area (Å²) in [6.45, 7) is 6.68. The lowest BCUT2D eigenvalue weighted by atomic mass is 10.2. The largest absolute Gasteiger partial charge is 0.488 e. The number of aromatic nitrogens is 1.